The Morgan fingerprint density at radius 3 is 2.57 bits per heavy atom. The first-order valence-electron chi connectivity index (χ1n) is 9.60. The molecule has 1 atom stereocenters. The number of rotatable bonds is 8. The highest BCUT2D eigenvalue weighted by molar-refractivity contribution is 7.92. The first-order chi connectivity index (χ1) is 13.5. The Bertz CT molecular complexity index is 904. The standard InChI is InChI=1S/C21H26N2O4S/c1-2-6-16-10-12-18(13-11-16)28(25,26)23-20-9-4-3-8-19(20)21(24)22-15-17-7-5-14-27-17/h3-4,8-13,17,23H,2,5-7,14-15H2,1H3,(H,22,24)/t17-/m0/s1. The highest BCUT2D eigenvalue weighted by atomic mass is 32.2. The molecule has 1 saturated heterocycles. The number of benzene rings is 2. The van der Waals surface area contributed by atoms with E-state index in [0.29, 0.717) is 13.2 Å². The van der Waals surface area contributed by atoms with E-state index in [-0.39, 0.29) is 28.2 Å². The first kappa shape index (κ1) is 20.4. The molecule has 2 aromatic rings. The van der Waals surface area contributed by atoms with Crippen LogP contribution in [-0.4, -0.2) is 33.6 Å². The Balaban J connectivity index is 1.73. The summed E-state index contributed by atoms with van der Waals surface area (Å²) < 4.78 is 33.6. The Labute approximate surface area is 166 Å². The van der Waals surface area contributed by atoms with Gasteiger partial charge in [0.05, 0.1) is 22.3 Å². The summed E-state index contributed by atoms with van der Waals surface area (Å²) in [5, 5.41) is 2.83. The molecule has 1 aliphatic rings. The third-order valence-electron chi connectivity index (χ3n) is 4.70. The highest BCUT2D eigenvalue weighted by Gasteiger charge is 2.20. The molecule has 0 bridgehead atoms. The van der Waals surface area contributed by atoms with Gasteiger partial charge in [-0.15, -0.1) is 0 Å². The van der Waals surface area contributed by atoms with Gasteiger partial charge in [0.2, 0.25) is 0 Å². The number of hydrogen-bond donors (Lipinski definition) is 2. The van der Waals surface area contributed by atoms with Gasteiger partial charge >= 0.3 is 0 Å². The minimum absolute atomic E-state index is 0.0226. The molecule has 1 aliphatic heterocycles. The van der Waals surface area contributed by atoms with E-state index in [0.717, 1.165) is 31.2 Å². The van der Waals surface area contributed by atoms with E-state index in [1.54, 1.807) is 36.4 Å². The second-order valence-corrected chi connectivity index (χ2v) is 8.57. The van der Waals surface area contributed by atoms with Gasteiger partial charge in [0.1, 0.15) is 0 Å². The van der Waals surface area contributed by atoms with Crippen LogP contribution < -0.4 is 10.0 Å². The van der Waals surface area contributed by atoms with Crippen LogP contribution in [-0.2, 0) is 21.2 Å². The molecule has 7 heteroatoms. The minimum Gasteiger partial charge on any atom is -0.376 e. The highest BCUT2D eigenvalue weighted by Crippen LogP contribution is 2.21. The second-order valence-electron chi connectivity index (χ2n) is 6.89. The fraction of sp³-hybridized carbons (Fsp3) is 0.381. The Hall–Kier alpha value is -2.38. The van der Waals surface area contributed by atoms with Gasteiger partial charge in [-0.25, -0.2) is 8.42 Å². The lowest BCUT2D eigenvalue weighted by atomic mass is 10.1. The van der Waals surface area contributed by atoms with E-state index in [1.165, 1.54) is 0 Å². The average molecular weight is 403 g/mol. The summed E-state index contributed by atoms with van der Waals surface area (Å²) in [6.45, 7) is 3.21. The second kappa shape index (κ2) is 9.21. The van der Waals surface area contributed by atoms with Crippen LogP contribution in [0.5, 0.6) is 0 Å². The minimum atomic E-state index is -3.79. The number of anilines is 1. The molecule has 0 aliphatic carbocycles. The van der Waals surface area contributed by atoms with Crippen molar-refractivity contribution in [2.75, 3.05) is 17.9 Å². The van der Waals surface area contributed by atoms with Crippen LogP contribution in [0.25, 0.3) is 0 Å². The van der Waals surface area contributed by atoms with Crippen LogP contribution in [0, 0.1) is 0 Å². The third-order valence-corrected chi connectivity index (χ3v) is 6.08. The molecule has 0 aromatic heterocycles. The molecular weight excluding hydrogens is 376 g/mol. The van der Waals surface area contributed by atoms with Crippen LogP contribution in [0.2, 0.25) is 0 Å². The maximum Gasteiger partial charge on any atom is 0.261 e. The first-order valence-corrected chi connectivity index (χ1v) is 11.1. The maximum atomic E-state index is 12.7. The lowest BCUT2D eigenvalue weighted by molar-refractivity contribution is 0.0858. The molecule has 0 saturated carbocycles. The SMILES string of the molecule is CCCc1ccc(S(=O)(=O)Nc2ccccc2C(=O)NC[C@@H]2CCCO2)cc1. The zero-order valence-corrected chi connectivity index (χ0v) is 16.8. The molecule has 2 N–H and O–H groups in total. The summed E-state index contributed by atoms with van der Waals surface area (Å²) in [6.07, 6.45) is 3.84. The van der Waals surface area contributed by atoms with Gasteiger partial charge in [-0.2, -0.15) is 0 Å². The summed E-state index contributed by atoms with van der Waals surface area (Å²) >= 11 is 0. The molecule has 0 radical (unpaired) electrons. The van der Waals surface area contributed by atoms with Crippen molar-refractivity contribution in [3.05, 3.63) is 59.7 Å². The van der Waals surface area contributed by atoms with E-state index >= 15 is 0 Å². The van der Waals surface area contributed by atoms with Gasteiger partial charge in [-0.1, -0.05) is 37.6 Å². The Kier molecular flexibility index (Phi) is 6.70. The normalized spacial score (nSPS) is 16.7. The maximum absolute atomic E-state index is 12.7. The Morgan fingerprint density at radius 2 is 1.89 bits per heavy atom. The molecule has 150 valence electrons. The number of hydrogen-bond acceptors (Lipinski definition) is 4. The molecule has 1 amide bonds. The van der Waals surface area contributed by atoms with Gasteiger partial charge < -0.3 is 10.1 Å². The lowest BCUT2D eigenvalue weighted by Crippen LogP contribution is -2.32. The molecule has 6 nitrogen and oxygen atoms in total. The molecule has 1 heterocycles. The quantitative estimate of drug-likeness (QED) is 0.709. The molecule has 0 unspecified atom stereocenters. The van der Waals surface area contributed by atoms with Crippen molar-refractivity contribution < 1.29 is 17.9 Å². The van der Waals surface area contributed by atoms with E-state index in [1.807, 2.05) is 12.1 Å². The summed E-state index contributed by atoms with van der Waals surface area (Å²) in [6, 6.07) is 13.4. The van der Waals surface area contributed by atoms with Crippen molar-refractivity contribution in [2.24, 2.45) is 0 Å². The van der Waals surface area contributed by atoms with Crippen molar-refractivity contribution in [2.45, 2.75) is 43.6 Å². The summed E-state index contributed by atoms with van der Waals surface area (Å²) in [5.74, 6) is -0.327. The van der Waals surface area contributed by atoms with Crippen LogP contribution >= 0.6 is 0 Å². The van der Waals surface area contributed by atoms with E-state index in [9.17, 15) is 13.2 Å². The van der Waals surface area contributed by atoms with Gasteiger partial charge in [-0.3, -0.25) is 9.52 Å². The van der Waals surface area contributed by atoms with Gasteiger partial charge in [-0.05, 0) is 49.1 Å². The predicted octanol–water partition coefficient (Wildman–Crippen LogP) is 3.35. The topological polar surface area (TPSA) is 84.5 Å². The summed E-state index contributed by atoms with van der Waals surface area (Å²) in [4.78, 5) is 12.7. The van der Waals surface area contributed by atoms with Crippen molar-refractivity contribution in [3.8, 4) is 0 Å². The molecule has 3 rings (SSSR count). The fourth-order valence-electron chi connectivity index (χ4n) is 3.20. The van der Waals surface area contributed by atoms with Crippen LogP contribution in [0.15, 0.2) is 53.4 Å². The molecule has 2 aromatic carbocycles. The number of sulfonamides is 1. The van der Waals surface area contributed by atoms with Crippen molar-refractivity contribution in [3.63, 3.8) is 0 Å². The summed E-state index contributed by atoms with van der Waals surface area (Å²) in [5.41, 5.74) is 1.63. The smallest absolute Gasteiger partial charge is 0.261 e. The average Bonchev–Trinajstić information content (AvgIpc) is 3.21. The van der Waals surface area contributed by atoms with Crippen LogP contribution in [0.1, 0.15) is 42.1 Å². The lowest BCUT2D eigenvalue weighted by Gasteiger charge is -2.14. The van der Waals surface area contributed by atoms with Crippen LogP contribution in [0.3, 0.4) is 0 Å². The molecular formula is C21H26N2O4S. The number of ether oxygens (including phenoxy) is 1. The summed E-state index contributed by atoms with van der Waals surface area (Å²) in [7, 11) is -3.79. The van der Waals surface area contributed by atoms with Crippen molar-refractivity contribution in [1.82, 2.24) is 5.32 Å². The molecule has 28 heavy (non-hydrogen) atoms. The van der Waals surface area contributed by atoms with E-state index in [2.05, 4.69) is 17.0 Å². The third kappa shape index (κ3) is 5.11. The molecule has 0 spiro atoms. The Morgan fingerprint density at radius 1 is 1.14 bits per heavy atom. The zero-order valence-electron chi connectivity index (χ0n) is 16.0. The number of para-hydroxylation sites is 1. The van der Waals surface area contributed by atoms with Crippen molar-refractivity contribution >= 4 is 21.6 Å². The largest absolute Gasteiger partial charge is 0.376 e. The monoisotopic (exact) mass is 402 g/mol. The van der Waals surface area contributed by atoms with Gasteiger partial charge in [0.25, 0.3) is 15.9 Å². The number of nitrogens with one attached hydrogen (secondary N) is 2. The number of aryl methyl sites for hydroxylation is 1. The van der Waals surface area contributed by atoms with Crippen molar-refractivity contribution in [1.29, 1.82) is 0 Å². The van der Waals surface area contributed by atoms with E-state index in [4.69, 9.17) is 4.74 Å². The fourth-order valence-corrected chi connectivity index (χ4v) is 4.28. The van der Waals surface area contributed by atoms with Gasteiger partial charge in [0.15, 0.2) is 0 Å². The number of carbonyl (C=O) groups excluding carboxylic acids is 1. The van der Waals surface area contributed by atoms with E-state index < -0.39 is 10.0 Å². The predicted molar refractivity (Wildman–Crippen MR) is 109 cm³/mol. The van der Waals surface area contributed by atoms with Crippen LogP contribution in [0.4, 0.5) is 5.69 Å². The van der Waals surface area contributed by atoms with Gasteiger partial charge in [0, 0.05) is 13.2 Å². The number of amides is 1. The molecule has 1 fully saturated rings. The zero-order chi connectivity index (χ0) is 20.0. The number of carbonyl (C=O) groups is 1.